The molecule has 0 bridgehead atoms. The molecule has 0 aliphatic heterocycles. The van der Waals surface area contributed by atoms with Gasteiger partial charge in [-0.1, -0.05) is 54.1 Å². The third-order valence-corrected chi connectivity index (χ3v) is 4.41. The number of nitrogens with zero attached hydrogens (tertiary/aromatic N) is 1. The summed E-state index contributed by atoms with van der Waals surface area (Å²) in [6.45, 7) is 3.94. The molecule has 0 unspecified atom stereocenters. The van der Waals surface area contributed by atoms with Crippen LogP contribution in [-0.2, 0) is 9.59 Å². The number of hydrogen-bond donors (Lipinski definition) is 2. The molecule has 0 aliphatic rings. The van der Waals surface area contributed by atoms with E-state index in [1.165, 1.54) is 0 Å². The average molecular weight is 373 g/mol. The lowest BCUT2D eigenvalue weighted by molar-refractivity contribution is -0.124. The van der Waals surface area contributed by atoms with Crippen LogP contribution in [0, 0.1) is 13.8 Å². The first-order chi connectivity index (χ1) is 13.5. The largest absolute Gasteiger partial charge is 0.326 e. The smallest absolute Gasteiger partial charge is 0.240 e. The van der Waals surface area contributed by atoms with E-state index in [1.54, 1.807) is 6.21 Å². The Morgan fingerprint density at radius 2 is 1.64 bits per heavy atom. The fourth-order valence-electron chi connectivity index (χ4n) is 2.92. The van der Waals surface area contributed by atoms with Gasteiger partial charge in [0.1, 0.15) is 0 Å². The van der Waals surface area contributed by atoms with Crippen LogP contribution >= 0.6 is 0 Å². The molecule has 28 heavy (non-hydrogen) atoms. The van der Waals surface area contributed by atoms with Crippen molar-refractivity contribution >= 4 is 34.5 Å². The normalized spacial score (nSPS) is 10.9. The van der Waals surface area contributed by atoms with Crippen molar-refractivity contribution in [1.82, 2.24) is 5.43 Å². The zero-order valence-electron chi connectivity index (χ0n) is 16.0. The number of nitrogens with one attached hydrogen (secondary N) is 2. The number of aryl methyl sites for hydroxylation is 2. The third-order valence-electron chi connectivity index (χ3n) is 4.41. The highest BCUT2D eigenvalue weighted by molar-refractivity contribution is 5.94. The van der Waals surface area contributed by atoms with Crippen LogP contribution in [0.15, 0.2) is 65.8 Å². The van der Waals surface area contributed by atoms with Gasteiger partial charge in [0.15, 0.2) is 0 Å². The monoisotopic (exact) mass is 373 g/mol. The Kier molecular flexibility index (Phi) is 6.17. The van der Waals surface area contributed by atoms with Crippen LogP contribution in [0.3, 0.4) is 0 Å². The van der Waals surface area contributed by atoms with Crippen LogP contribution in [0.2, 0.25) is 0 Å². The standard InChI is InChI=1S/C23H23N3O2/c1-16-7-10-21(17(2)13-16)25-22(27)11-12-23(28)26-24-15-18-8-9-19-5-3-4-6-20(19)14-18/h3-10,13-15H,11-12H2,1-2H3,(H,25,27)(H,26,28)/b24-15+. The Hall–Kier alpha value is -3.47. The number of carbonyl (C=O) groups excluding carboxylic acids is 2. The van der Waals surface area contributed by atoms with Crippen LogP contribution in [0.1, 0.15) is 29.5 Å². The van der Waals surface area contributed by atoms with Crippen LogP contribution in [0.4, 0.5) is 5.69 Å². The summed E-state index contributed by atoms with van der Waals surface area (Å²) in [7, 11) is 0. The van der Waals surface area contributed by atoms with E-state index in [4.69, 9.17) is 0 Å². The van der Waals surface area contributed by atoms with Crippen molar-refractivity contribution in [3.63, 3.8) is 0 Å². The molecule has 0 radical (unpaired) electrons. The number of hydrogen-bond acceptors (Lipinski definition) is 3. The predicted octanol–water partition coefficient (Wildman–Crippen LogP) is 4.33. The molecule has 0 heterocycles. The van der Waals surface area contributed by atoms with Gasteiger partial charge in [0.2, 0.25) is 11.8 Å². The molecule has 3 rings (SSSR count). The average Bonchev–Trinajstić information content (AvgIpc) is 2.68. The van der Waals surface area contributed by atoms with Crippen molar-refractivity contribution in [3.05, 3.63) is 77.4 Å². The summed E-state index contributed by atoms with van der Waals surface area (Å²) in [6.07, 6.45) is 1.77. The van der Waals surface area contributed by atoms with Crippen molar-refractivity contribution in [1.29, 1.82) is 0 Å². The number of rotatable bonds is 6. The number of carbonyl (C=O) groups is 2. The van der Waals surface area contributed by atoms with Gasteiger partial charge in [-0.3, -0.25) is 9.59 Å². The van der Waals surface area contributed by atoms with Crippen LogP contribution in [0.5, 0.6) is 0 Å². The molecule has 0 saturated carbocycles. The first-order valence-electron chi connectivity index (χ1n) is 9.19. The molecule has 2 amide bonds. The number of hydrazone groups is 1. The van der Waals surface area contributed by atoms with E-state index in [0.717, 1.165) is 33.2 Å². The first-order valence-corrected chi connectivity index (χ1v) is 9.19. The summed E-state index contributed by atoms with van der Waals surface area (Å²) in [5, 5.41) is 9.08. The lowest BCUT2D eigenvalue weighted by Gasteiger charge is -2.08. The number of amides is 2. The Balaban J connectivity index is 1.47. The van der Waals surface area contributed by atoms with Gasteiger partial charge in [-0.25, -0.2) is 5.43 Å². The van der Waals surface area contributed by atoms with Crippen LogP contribution < -0.4 is 10.7 Å². The zero-order valence-corrected chi connectivity index (χ0v) is 16.0. The van der Waals surface area contributed by atoms with E-state index >= 15 is 0 Å². The topological polar surface area (TPSA) is 70.6 Å². The van der Waals surface area contributed by atoms with E-state index in [-0.39, 0.29) is 24.7 Å². The van der Waals surface area contributed by atoms with Crippen molar-refractivity contribution in [2.45, 2.75) is 26.7 Å². The Morgan fingerprint density at radius 1 is 0.893 bits per heavy atom. The van der Waals surface area contributed by atoms with Crippen molar-refractivity contribution in [2.75, 3.05) is 5.32 Å². The van der Waals surface area contributed by atoms with Gasteiger partial charge < -0.3 is 5.32 Å². The molecule has 3 aromatic rings. The van der Waals surface area contributed by atoms with E-state index in [2.05, 4.69) is 15.8 Å². The Bertz CT molecular complexity index is 1040. The minimum atomic E-state index is -0.298. The highest BCUT2D eigenvalue weighted by Gasteiger charge is 2.08. The summed E-state index contributed by atoms with van der Waals surface area (Å²) >= 11 is 0. The zero-order chi connectivity index (χ0) is 19.9. The first kappa shape index (κ1) is 19.3. The second kappa shape index (κ2) is 8.95. The molecule has 5 heteroatoms. The Morgan fingerprint density at radius 3 is 2.43 bits per heavy atom. The van der Waals surface area contributed by atoms with Gasteiger partial charge in [0.25, 0.3) is 0 Å². The number of benzene rings is 3. The minimum absolute atomic E-state index is 0.0752. The highest BCUT2D eigenvalue weighted by atomic mass is 16.2. The van der Waals surface area contributed by atoms with E-state index in [0.29, 0.717) is 0 Å². The second-order valence-corrected chi connectivity index (χ2v) is 6.77. The second-order valence-electron chi connectivity index (χ2n) is 6.77. The molecule has 0 atom stereocenters. The maximum atomic E-state index is 12.0. The maximum absolute atomic E-state index is 12.0. The number of anilines is 1. The molecule has 5 nitrogen and oxygen atoms in total. The SMILES string of the molecule is Cc1ccc(NC(=O)CCC(=O)N/N=C/c2ccc3ccccc3c2)c(C)c1. The van der Waals surface area contributed by atoms with Crippen LogP contribution in [0.25, 0.3) is 10.8 Å². The van der Waals surface area contributed by atoms with Crippen molar-refractivity contribution in [2.24, 2.45) is 5.10 Å². The van der Waals surface area contributed by atoms with Crippen molar-refractivity contribution in [3.8, 4) is 0 Å². The van der Waals surface area contributed by atoms with E-state index in [1.807, 2.05) is 74.5 Å². The molecule has 142 valence electrons. The fourth-order valence-corrected chi connectivity index (χ4v) is 2.92. The summed E-state index contributed by atoms with van der Waals surface area (Å²) in [6, 6.07) is 19.8. The van der Waals surface area contributed by atoms with Gasteiger partial charge in [-0.05, 0) is 47.9 Å². The molecule has 0 aromatic heterocycles. The van der Waals surface area contributed by atoms with Gasteiger partial charge in [0.05, 0.1) is 6.21 Å². The quantitative estimate of drug-likeness (QED) is 0.499. The maximum Gasteiger partial charge on any atom is 0.240 e. The molecule has 0 fully saturated rings. The summed E-state index contributed by atoms with van der Waals surface area (Å²) in [5.41, 5.74) is 6.27. The summed E-state index contributed by atoms with van der Waals surface area (Å²) < 4.78 is 0. The van der Waals surface area contributed by atoms with Gasteiger partial charge in [-0.2, -0.15) is 5.10 Å². The van der Waals surface area contributed by atoms with Gasteiger partial charge >= 0.3 is 0 Å². The molecular weight excluding hydrogens is 350 g/mol. The molecule has 0 saturated heterocycles. The fraction of sp³-hybridized carbons (Fsp3) is 0.174. The van der Waals surface area contributed by atoms with Gasteiger partial charge in [-0.15, -0.1) is 0 Å². The molecular formula is C23H23N3O2. The Labute approximate surface area is 164 Å². The molecule has 2 N–H and O–H groups in total. The minimum Gasteiger partial charge on any atom is -0.326 e. The predicted molar refractivity (Wildman–Crippen MR) is 113 cm³/mol. The van der Waals surface area contributed by atoms with Crippen LogP contribution in [-0.4, -0.2) is 18.0 Å². The van der Waals surface area contributed by atoms with Gasteiger partial charge in [0, 0.05) is 18.5 Å². The molecule has 0 spiro atoms. The molecule has 3 aromatic carbocycles. The lowest BCUT2D eigenvalue weighted by Crippen LogP contribution is -2.20. The van der Waals surface area contributed by atoms with Crippen molar-refractivity contribution < 1.29 is 9.59 Å². The van der Waals surface area contributed by atoms with E-state index < -0.39 is 0 Å². The lowest BCUT2D eigenvalue weighted by atomic mass is 10.1. The summed E-state index contributed by atoms with van der Waals surface area (Å²) in [5.74, 6) is -0.492. The summed E-state index contributed by atoms with van der Waals surface area (Å²) in [4.78, 5) is 24.0. The molecule has 0 aliphatic carbocycles. The third kappa shape index (κ3) is 5.27. The number of fused-ring (bicyclic) bond motifs is 1. The highest BCUT2D eigenvalue weighted by Crippen LogP contribution is 2.16. The van der Waals surface area contributed by atoms with E-state index in [9.17, 15) is 9.59 Å².